The quantitative estimate of drug-likeness (QED) is 0.279. The van der Waals surface area contributed by atoms with Crippen molar-refractivity contribution in [2.75, 3.05) is 46.0 Å². The van der Waals surface area contributed by atoms with E-state index in [0.29, 0.717) is 44.2 Å². The maximum atomic E-state index is 13.4. The summed E-state index contributed by atoms with van der Waals surface area (Å²) < 4.78 is 24.3. The maximum Gasteiger partial charge on any atom is 0.295 e. The zero-order chi connectivity index (χ0) is 24.1. The third-order valence-electron chi connectivity index (χ3n) is 5.98. The predicted molar refractivity (Wildman–Crippen MR) is 125 cm³/mol. The first kappa shape index (κ1) is 23.7. The lowest BCUT2D eigenvalue weighted by molar-refractivity contribution is -0.140. The van der Waals surface area contributed by atoms with E-state index >= 15 is 0 Å². The lowest BCUT2D eigenvalue weighted by Crippen LogP contribution is -2.42. The van der Waals surface area contributed by atoms with Crippen LogP contribution >= 0.6 is 0 Å². The molecular weight excluding hydrogens is 439 g/mol. The molecule has 1 amide bonds. The average molecular weight is 467 g/mol. The Morgan fingerprint density at radius 2 is 1.76 bits per heavy atom. The van der Waals surface area contributed by atoms with E-state index in [0.717, 1.165) is 13.1 Å². The Balaban J connectivity index is 1.70. The van der Waals surface area contributed by atoms with E-state index in [9.17, 15) is 19.1 Å². The van der Waals surface area contributed by atoms with E-state index in [2.05, 4.69) is 11.5 Å². The molecule has 1 N–H and O–H groups in total. The van der Waals surface area contributed by atoms with Crippen molar-refractivity contribution in [1.29, 1.82) is 0 Å². The number of aliphatic hydroxyl groups excluding tert-OH is 1. The molecular formula is C26H27FN2O5. The van der Waals surface area contributed by atoms with Crippen molar-refractivity contribution in [2.24, 2.45) is 0 Å². The first-order chi connectivity index (χ1) is 16.5. The molecule has 2 fully saturated rings. The molecule has 0 bridgehead atoms. The van der Waals surface area contributed by atoms with Gasteiger partial charge in [0.2, 0.25) is 0 Å². The van der Waals surface area contributed by atoms with Gasteiger partial charge in [-0.2, -0.15) is 0 Å². The highest BCUT2D eigenvalue weighted by molar-refractivity contribution is 6.46. The van der Waals surface area contributed by atoms with Crippen LogP contribution in [0.5, 0.6) is 5.75 Å². The third kappa shape index (κ3) is 5.03. The van der Waals surface area contributed by atoms with Gasteiger partial charge < -0.3 is 19.5 Å². The minimum atomic E-state index is -0.778. The van der Waals surface area contributed by atoms with Crippen LogP contribution in [0.15, 0.2) is 66.8 Å². The summed E-state index contributed by atoms with van der Waals surface area (Å²) in [6.07, 6.45) is 1.64. The van der Waals surface area contributed by atoms with Gasteiger partial charge in [-0.25, -0.2) is 4.39 Å². The number of benzene rings is 2. The van der Waals surface area contributed by atoms with Crippen LogP contribution in [0.4, 0.5) is 4.39 Å². The van der Waals surface area contributed by atoms with Gasteiger partial charge in [0.05, 0.1) is 24.8 Å². The summed E-state index contributed by atoms with van der Waals surface area (Å²) in [5, 5.41) is 11.0. The Bertz CT molecular complexity index is 1080. The van der Waals surface area contributed by atoms with Crippen molar-refractivity contribution in [3.05, 3.63) is 83.7 Å². The number of carbonyl (C=O) groups is 2. The van der Waals surface area contributed by atoms with Gasteiger partial charge in [0.15, 0.2) is 0 Å². The number of Topliss-reactive ketones (excluding diaryl/α,β-unsaturated/α-hetero) is 1. The molecule has 0 aliphatic carbocycles. The normalized spacial score (nSPS) is 20.5. The molecule has 7 nitrogen and oxygen atoms in total. The number of ketones is 1. The number of likely N-dealkylation sites (tertiary alicyclic amines) is 1. The van der Waals surface area contributed by atoms with Crippen LogP contribution in [-0.4, -0.2) is 72.6 Å². The second-order valence-electron chi connectivity index (χ2n) is 8.12. The Morgan fingerprint density at radius 3 is 2.41 bits per heavy atom. The monoisotopic (exact) mass is 466 g/mol. The minimum Gasteiger partial charge on any atom is -0.507 e. The number of hydrogen-bond acceptors (Lipinski definition) is 6. The van der Waals surface area contributed by atoms with Crippen molar-refractivity contribution < 1.29 is 28.6 Å². The van der Waals surface area contributed by atoms with E-state index in [4.69, 9.17) is 9.47 Å². The largest absolute Gasteiger partial charge is 0.507 e. The van der Waals surface area contributed by atoms with Crippen LogP contribution < -0.4 is 4.74 Å². The zero-order valence-electron chi connectivity index (χ0n) is 18.8. The van der Waals surface area contributed by atoms with Crippen LogP contribution in [-0.2, 0) is 14.3 Å². The van der Waals surface area contributed by atoms with E-state index < -0.39 is 23.5 Å². The molecule has 2 aromatic carbocycles. The van der Waals surface area contributed by atoms with Gasteiger partial charge in [-0.3, -0.25) is 14.5 Å². The molecule has 0 unspecified atom stereocenters. The number of rotatable bonds is 8. The fourth-order valence-electron chi connectivity index (χ4n) is 4.20. The van der Waals surface area contributed by atoms with Gasteiger partial charge in [0.25, 0.3) is 11.7 Å². The lowest BCUT2D eigenvalue weighted by atomic mass is 9.95. The third-order valence-corrected chi connectivity index (χ3v) is 5.98. The summed E-state index contributed by atoms with van der Waals surface area (Å²) in [6.45, 7) is 7.61. The van der Waals surface area contributed by atoms with E-state index in [1.807, 2.05) is 0 Å². The highest BCUT2D eigenvalue weighted by Gasteiger charge is 2.46. The van der Waals surface area contributed by atoms with Crippen LogP contribution in [0.3, 0.4) is 0 Å². The summed E-state index contributed by atoms with van der Waals surface area (Å²) in [4.78, 5) is 29.8. The van der Waals surface area contributed by atoms with Gasteiger partial charge in [-0.1, -0.05) is 24.8 Å². The van der Waals surface area contributed by atoms with Gasteiger partial charge >= 0.3 is 0 Å². The molecule has 2 heterocycles. The standard InChI is InChI=1S/C26H27FN2O5/c1-2-15-34-21-9-5-18(6-10-21)23-22(24(30)19-3-7-20(27)8-4-19)25(31)26(32)29(23)12-11-28-13-16-33-17-14-28/h2-10,23,30H,1,11-17H2/b24-22+/t23-/m1/s1. The van der Waals surface area contributed by atoms with Gasteiger partial charge in [-0.15, -0.1) is 0 Å². The number of amides is 1. The first-order valence-electron chi connectivity index (χ1n) is 11.2. The van der Waals surface area contributed by atoms with Crippen molar-refractivity contribution >= 4 is 17.4 Å². The number of ether oxygens (including phenoxy) is 2. The molecule has 0 aromatic heterocycles. The smallest absolute Gasteiger partial charge is 0.295 e. The minimum absolute atomic E-state index is 0.0154. The van der Waals surface area contributed by atoms with Gasteiger partial charge in [-0.05, 0) is 42.0 Å². The SMILES string of the molecule is C=CCOc1ccc([C@@H]2/C(=C(\O)c3ccc(F)cc3)C(=O)C(=O)N2CCN2CCOCC2)cc1. The first-order valence-corrected chi connectivity index (χ1v) is 11.2. The van der Waals surface area contributed by atoms with Gasteiger partial charge in [0.1, 0.15) is 23.9 Å². The molecule has 2 aromatic rings. The summed E-state index contributed by atoms with van der Waals surface area (Å²) in [6, 6.07) is 11.4. The zero-order valence-corrected chi connectivity index (χ0v) is 18.8. The molecule has 8 heteroatoms. The number of nitrogens with zero attached hydrogens (tertiary/aromatic N) is 2. The lowest BCUT2D eigenvalue weighted by Gasteiger charge is -2.31. The fraction of sp³-hybridized carbons (Fsp3) is 0.308. The summed E-state index contributed by atoms with van der Waals surface area (Å²) in [7, 11) is 0. The number of halogens is 1. The molecule has 2 saturated heterocycles. The Kier molecular flexibility index (Phi) is 7.40. The second-order valence-corrected chi connectivity index (χ2v) is 8.12. The molecule has 0 saturated carbocycles. The molecule has 178 valence electrons. The molecule has 0 radical (unpaired) electrons. The summed E-state index contributed by atoms with van der Waals surface area (Å²) in [5.41, 5.74) is 0.914. The molecule has 34 heavy (non-hydrogen) atoms. The van der Waals surface area contributed by atoms with Gasteiger partial charge in [0, 0.05) is 31.7 Å². The number of aliphatic hydroxyl groups is 1. The van der Waals surface area contributed by atoms with Crippen molar-refractivity contribution in [1.82, 2.24) is 9.80 Å². The fourth-order valence-corrected chi connectivity index (χ4v) is 4.20. The highest BCUT2D eigenvalue weighted by Crippen LogP contribution is 2.39. The number of morpholine rings is 1. The van der Waals surface area contributed by atoms with Crippen LogP contribution in [0, 0.1) is 5.82 Å². The molecule has 4 rings (SSSR count). The second kappa shape index (κ2) is 10.6. The molecule has 1 atom stereocenters. The van der Waals surface area contributed by atoms with Crippen molar-refractivity contribution in [3.63, 3.8) is 0 Å². The van der Waals surface area contributed by atoms with Crippen molar-refractivity contribution in [2.45, 2.75) is 6.04 Å². The maximum absolute atomic E-state index is 13.4. The molecule has 2 aliphatic rings. The topological polar surface area (TPSA) is 79.3 Å². The Hall–Kier alpha value is -3.49. The Morgan fingerprint density at radius 1 is 1.09 bits per heavy atom. The predicted octanol–water partition coefficient (Wildman–Crippen LogP) is 3.14. The van der Waals surface area contributed by atoms with Crippen molar-refractivity contribution in [3.8, 4) is 5.75 Å². The van der Waals surface area contributed by atoms with E-state index in [1.165, 1.54) is 29.2 Å². The molecule has 0 spiro atoms. The number of carbonyl (C=O) groups excluding carboxylic acids is 2. The van der Waals surface area contributed by atoms with E-state index in [-0.39, 0.29) is 16.9 Å². The van der Waals surface area contributed by atoms with Crippen LogP contribution in [0.25, 0.3) is 5.76 Å². The number of hydrogen-bond donors (Lipinski definition) is 1. The molecule has 2 aliphatic heterocycles. The van der Waals surface area contributed by atoms with Crippen LogP contribution in [0.1, 0.15) is 17.2 Å². The van der Waals surface area contributed by atoms with Crippen LogP contribution in [0.2, 0.25) is 0 Å². The average Bonchev–Trinajstić information content (AvgIpc) is 3.12. The Labute approximate surface area is 197 Å². The summed E-state index contributed by atoms with van der Waals surface area (Å²) in [5.74, 6) is -1.61. The summed E-state index contributed by atoms with van der Waals surface area (Å²) >= 11 is 0. The van der Waals surface area contributed by atoms with E-state index in [1.54, 1.807) is 30.3 Å². The highest BCUT2D eigenvalue weighted by atomic mass is 19.1.